The van der Waals surface area contributed by atoms with E-state index in [1.807, 2.05) is 26.0 Å². The van der Waals surface area contributed by atoms with E-state index in [-0.39, 0.29) is 11.7 Å². The number of nitrogens with one attached hydrogen (secondary N) is 1. The molecule has 1 aliphatic rings. The summed E-state index contributed by atoms with van der Waals surface area (Å²) in [6, 6.07) is 10.1. The number of anilines is 1. The zero-order valence-electron chi connectivity index (χ0n) is 18.6. The summed E-state index contributed by atoms with van der Waals surface area (Å²) in [4.78, 5) is 14.6. The molecule has 3 heterocycles. The minimum Gasteiger partial charge on any atom is -0.355 e. The van der Waals surface area contributed by atoms with Crippen molar-refractivity contribution in [3.63, 3.8) is 0 Å². The molecular weight excluding hydrogens is 407 g/mol. The smallest absolute Gasteiger partial charge is 0.220 e. The lowest BCUT2D eigenvalue weighted by atomic mass is 10.1. The number of nitrogens with zero attached hydrogens (tertiary/aromatic N) is 5. The summed E-state index contributed by atoms with van der Waals surface area (Å²) in [7, 11) is 0. The number of carbonyl (C=O) groups is 1. The maximum atomic E-state index is 13.0. The molecular formula is C24H29FN6O. The quantitative estimate of drug-likeness (QED) is 0.612. The van der Waals surface area contributed by atoms with Crippen molar-refractivity contribution in [2.75, 3.05) is 18.0 Å². The number of amides is 1. The summed E-state index contributed by atoms with van der Waals surface area (Å²) in [6.07, 6.45) is 4.62. The maximum Gasteiger partial charge on any atom is 0.220 e. The van der Waals surface area contributed by atoms with Crippen molar-refractivity contribution < 1.29 is 9.18 Å². The van der Waals surface area contributed by atoms with Gasteiger partial charge in [0, 0.05) is 31.7 Å². The van der Waals surface area contributed by atoms with E-state index in [1.54, 1.807) is 16.8 Å². The Kier molecular flexibility index (Phi) is 6.78. The topological polar surface area (TPSA) is 75.9 Å². The molecule has 0 bridgehead atoms. The number of hydrogen-bond acceptors (Lipinski definition) is 5. The van der Waals surface area contributed by atoms with Gasteiger partial charge in [0.05, 0.1) is 5.69 Å². The van der Waals surface area contributed by atoms with Gasteiger partial charge in [-0.05, 0) is 74.9 Å². The lowest BCUT2D eigenvalue weighted by Gasteiger charge is -2.27. The lowest BCUT2D eigenvalue weighted by Crippen LogP contribution is -2.30. The number of hydrogen-bond donors (Lipinski definition) is 1. The van der Waals surface area contributed by atoms with Crippen LogP contribution in [0.1, 0.15) is 48.2 Å². The van der Waals surface area contributed by atoms with Crippen LogP contribution >= 0.6 is 0 Å². The minimum absolute atomic E-state index is 0.0495. The summed E-state index contributed by atoms with van der Waals surface area (Å²) in [5.41, 5.74) is 3.76. The highest BCUT2D eigenvalue weighted by Crippen LogP contribution is 2.21. The monoisotopic (exact) mass is 436 g/mol. The lowest BCUT2D eigenvalue weighted by molar-refractivity contribution is -0.121. The predicted octanol–water partition coefficient (Wildman–Crippen LogP) is 3.66. The van der Waals surface area contributed by atoms with Crippen LogP contribution in [0.5, 0.6) is 0 Å². The van der Waals surface area contributed by atoms with Crippen molar-refractivity contribution >= 4 is 11.7 Å². The molecule has 1 N–H and O–H groups in total. The summed E-state index contributed by atoms with van der Waals surface area (Å²) < 4.78 is 14.8. The van der Waals surface area contributed by atoms with E-state index in [1.165, 1.54) is 31.4 Å². The van der Waals surface area contributed by atoms with E-state index in [4.69, 9.17) is 0 Å². The molecule has 32 heavy (non-hydrogen) atoms. The van der Waals surface area contributed by atoms with Crippen molar-refractivity contribution in [1.82, 2.24) is 25.3 Å². The third-order valence-electron chi connectivity index (χ3n) is 5.98. The van der Waals surface area contributed by atoms with Gasteiger partial charge in [0.1, 0.15) is 5.82 Å². The van der Waals surface area contributed by atoms with Crippen molar-refractivity contribution in [2.24, 2.45) is 0 Å². The number of piperidine rings is 1. The number of aromatic nitrogens is 4. The molecule has 7 nitrogen and oxygen atoms in total. The Morgan fingerprint density at radius 2 is 1.69 bits per heavy atom. The van der Waals surface area contributed by atoms with Gasteiger partial charge in [0.25, 0.3) is 0 Å². The maximum absolute atomic E-state index is 13.0. The summed E-state index contributed by atoms with van der Waals surface area (Å²) in [6.45, 7) is 6.38. The van der Waals surface area contributed by atoms with E-state index in [2.05, 4.69) is 25.5 Å². The van der Waals surface area contributed by atoms with Gasteiger partial charge >= 0.3 is 0 Å². The van der Waals surface area contributed by atoms with Crippen molar-refractivity contribution in [3.05, 3.63) is 64.7 Å². The van der Waals surface area contributed by atoms with Crippen LogP contribution < -0.4 is 10.2 Å². The van der Waals surface area contributed by atoms with Gasteiger partial charge in [-0.2, -0.15) is 5.10 Å². The van der Waals surface area contributed by atoms with E-state index in [0.29, 0.717) is 25.2 Å². The Bertz CT molecular complexity index is 1060. The number of aryl methyl sites for hydroxylation is 1. The highest BCUT2D eigenvalue weighted by Gasteiger charge is 2.17. The highest BCUT2D eigenvalue weighted by molar-refractivity contribution is 5.76. The molecule has 4 rings (SSSR count). The van der Waals surface area contributed by atoms with Crippen molar-refractivity contribution in [1.29, 1.82) is 0 Å². The molecule has 1 fully saturated rings. The Hall–Kier alpha value is -3.29. The van der Waals surface area contributed by atoms with Gasteiger partial charge in [-0.25, -0.2) is 9.07 Å². The third kappa shape index (κ3) is 5.12. The molecule has 1 saturated heterocycles. The molecule has 1 aromatic carbocycles. The van der Waals surface area contributed by atoms with Crippen molar-refractivity contribution in [3.8, 4) is 5.82 Å². The molecule has 1 aliphatic heterocycles. The molecule has 3 aromatic rings. The second-order valence-corrected chi connectivity index (χ2v) is 8.26. The molecule has 8 heteroatoms. The molecule has 0 unspecified atom stereocenters. The molecule has 2 aromatic heterocycles. The standard InChI is InChI=1S/C24H29FN6O/c1-17-21(10-13-24(32)26-16-19-6-8-20(25)9-7-19)18(2)31(29-17)23-12-11-22(27-28-23)30-14-4-3-5-15-30/h6-9,11-12H,3-5,10,13-16H2,1-2H3,(H,26,32). The zero-order valence-corrected chi connectivity index (χ0v) is 18.6. The Balaban J connectivity index is 1.37. The van der Waals surface area contributed by atoms with Crippen LogP contribution in [0.2, 0.25) is 0 Å². The average molecular weight is 437 g/mol. The fraction of sp³-hybridized carbons (Fsp3) is 0.417. The zero-order chi connectivity index (χ0) is 22.5. The van der Waals surface area contributed by atoms with E-state index >= 15 is 0 Å². The van der Waals surface area contributed by atoms with Crippen LogP contribution in [0.25, 0.3) is 5.82 Å². The van der Waals surface area contributed by atoms with E-state index in [0.717, 1.165) is 41.4 Å². The van der Waals surface area contributed by atoms with Crippen LogP contribution in [0.4, 0.5) is 10.2 Å². The number of benzene rings is 1. The van der Waals surface area contributed by atoms with Crippen LogP contribution in [-0.4, -0.2) is 39.0 Å². The molecule has 0 radical (unpaired) electrons. The largest absolute Gasteiger partial charge is 0.355 e. The number of carbonyl (C=O) groups excluding carboxylic acids is 1. The summed E-state index contributed by atoms with van der Waals surface area (Å²) >= 11 is 0. The fourth-order valence-corrected chi connectivity index (χ4v) is 4.11. The third-order valence-corrected chi connectivity index (χ3v) is 5.98. The first-order chi connectivity index (χ1) is 15.5. The molecule has 0 saturated carbocycles. The van der Waals surface area contributed by atoms with Crippen LogP contribution in [-0.2, 0) is 17.8 Å². The van der Waals surface area contributed by atoms with Gasteiger partial charge < -0.3 is 10.2 Å². The van der Waals surface area contributed by atoms with Gasteiger partial charge in [-0.1, -0.05) is 12.1 Å². The minimum atomic E-state index is -0.283. The van der Waals surface area contributed by atoms with Crippen LogP contribution in [0, 0.1) is 19.7 Å². The molecule has 1 amide bonds. The second-order valence-electron chi connectivity index (χ2n) is 8.26. The Labute approximate surface area is 187 Å². The van der Waals surface area contributed by atoms with Gasteiger partial charge in [0.15, 0.2) is 11.6 Å². The first-order valence-electron chi connectivity index (χ1n) is 11.2. The molecule has 0 atom stereocenters. The van der Waals surface area contributed by atoms with Gasteiger partial charge in [-0.15, -0.1) is 10.2 Å². The number of rotatable bonds is 7. The van der Waals surface area contributed by atoms with Gasteiger partial charge in [0.2, 0.25) is 5.91 Å². The first-order valence-corrected chi connectivity index (χ1v) is 11.2. The summed E-state index contributed by atoms with van der Waals surface area (Å²) in [5.74, 6) is 1.26. The second kappa shape index (κ2) is 9.89. The van der Waals surface area contributed by atoms with Gasteiger partial charge in [-0.3, -0.25) is 4.79 Å². The van der Waals surface area contributed by atoms with E-state index in [9.17, 15) is 9.18 Å². The fourth-order valence-electron chi connectivity index (χ4n) is 4.11. The normalized spacial score (nSPS) is 13.9. The Morgan fingerprint density at radius 3 is 2.38 bits per heavy atom. The molecule has 168 valence electrons. The van der Waals surface area contributed by atoms with Crippen LogP contribution in [0.15, 0.2) is 36.4 Å². The van der Waals surface area contributed by atoms with Crippen LogP contribution in [0.3, 0.4) is 0 Å². The highest BCUT2D eigenvalue weighted by atomic mass is 19.1. The first kappa shape index (κ1) is 21.9. The summed E-state index contributed by atoms with van der Waals surface area (Å²) in [5, 5.41) is 16.3. The van der Waals surface area contributed by atoms with E-state index < -0.39 is 0 Å². The molecule has 0 aliphatic carbocycles. The average Bonchev–Trinajstić information content (AvgIpc) is 3.11. The predicted molar refractivity (Wildman–Crippen MR) is 121 cm³/mol. The van der Waals surface area contributed by atoms with Crippen molar-refractivity contribution in [2.45, 2.75) is 52.5 Å². The number of halogens is 1. The SMILES string of the molecule is Cc1nn(-c2ccc(N3CCCCC3)nn2)c(C)c1CCC(=O)NCc1ccc(F)cc1. The Morgan fingerprint density at radius 1 is 1.00 bits per heavy atom. The molecule has 0 spiro atoms.